The number of anilines is 1. The second kappa shape index (κ2) is 4.03. The number of aromatic carboxylic acids is 1. The van der Waals surface area contributed by atoms with Crippen LogP contribution in [0, 0.1) is 11.6 Å². The molecular weight excluding hydrogens is 270 g/mol. The number of fused-ring (bicyclic) bond motifs is 1. The van der Waals surface area contributed by atoms with Crippen molar-refractivity contribution in [1.29, 1.82) is 0 Å². The van der Waals surface area contributed by atoms with Gasteiger partial charge in [-0.15, -0.1) is 0 Å². The lowest BCUT2D eigenvalue weighted by Gasteiger charge is -2.16. The third kappa shape index (κ3) is 1.66. The average molecular weight is 280 g/mol. The molecule has 0 spiro atoms. The zero-order valence-electron chi connectivity index (χ0n) is 10.2. The molecule has 5 nitrogen and oxygen atoms in total. The molecule has 1 aliphatic carbocycles. The lowest BCUT2D eigenvalue weighted by atomic mass is 10.1. The number of nitrogens with two attached hydrogens (primary N) is 1. The largest absolute Gasteiger partial charge is 0.477 e. The van der Waals surface area contributed by atoms with Gasteiger partial charge in [-0.1, -0.05) is 0 Å². The fourth-order valence-corrected chi connectivity index (χ4v) is 2.39. The van der Waals surface area contributed by atoms with Crippen LogP contribution >= 0.6 is 0 Å². The van der Waals surface area contributed by atoms with Gasteiger partial charge >= 0.3 is 5.97 Å². The monoisotopic (exact) mass is 280 g/mol. The number of halogens is 2. The molecular formula is C13H10F2N2O3. The van der Waals surface area contributed by atoms with Crippen LogP contribution in [0.2, 0.25) is 0 Å². The standard InChI is InChI=1S/C13H10F2N2O3/c14-5-3-7-10(8(15)4-5)17(6-1-2-6)12(16)9(11(7)18)13(19)20/h3-4,6H,1-2,16H2,(H,19,20). The van der Waals surface area contributed by atoms with Crippen molar-refractivity contribution in [3.8, 4) is 0 Å². The Morgan fingerprint density at radius 3 is 2.55 bits per heavy atom. The topological polar surface area (TPSA) is 85.3 Å². The number of aromatic nitrogens is 1. The van der Waals surface area contributed by atoms with E-state index in [1.165, 1.54) is 4.57 Å². The molecule has 0 saturated heterocycles. The van der Waals surface area contributed by atoms with E-state index in [9.17, 15) is 18.4 Å². The van der Waals surface area contributed by atoms with Crippen molar-refractivity contribution >= 4 is 22.7 Å². The van der Waals surface area contributed by atoms with Gasteiger partial charge in [0.2, 0.25) is 5.43 Å². The SMILES string of the molecule is Nc1c(C(=O)O)c(=O)c2cc(F)cc(F)c2n1C1CC1. The molecule has 1 aliphatic rings. The van der Waals surface area contributed by atoms with Crippen molar-refractivity contribution in [2.24, 2.45) is 0 Å². The zero-order chi connectivity index (χ0) is 14.6. The average Bonchev–Trinajstić information content (AvgIpc) is 3.14. The van der Waals surface area contributed by atoms with Crippen LogP contribution < -0.4 is 11.2 Å². The molecule has 7 heteroatoms. The van der Waals surface area contributed by atoms with E-state index in [1.54, 1.807) is 0 Å². The summed E-state index contributed by atoms with van der Waals surface area (Å²) >= 11 is 0. The van der Waals surface area contributed by atoms with E-state index in [4.69, 9.17) is 10.8 Å². The third-order valence-corrected chi connectivity index (χ3v) is 3.38. The summed E-state index contributed by atoms with van der Waals surface area (Å²) in [5.41, 5.74) is 3.97. The molecule has 0 atom stereocenters. The summed E-state index contributed by atoms with van der Waals surface area (Å²) < 4.78 is 28.6. The summed E-state index contributed by atoms with van der Waals surface area (Å²) in [6.45, 7) is 0. The van der Waals surface area contributed by atoms with E-state index in [1.807, 2.05) is 0 Å². The Bertz CT molecular complexity index is 810. The van der Waals surface area contributed by atoms with Gasteiger partial charge in [-0.05, 0) is 18.9 Å². The first kappa shape index (κ1) is 12.6. The number of carboxylic acid groups (broad SMARTS) is 1. The first-order chi connectivity index (χ1) is 9.41. The van der Waals surface area contributed by atoms with Gasteiger partial charge in [0.05, 0.1) is 10.9 Å². The molecule has 3 rings (SSSR count). The highest BCUT2D eigenvalue weighted by Gasteiger charge is 2.31. The number of hydrogen-bond donors (Lipinski definition) is 2. The maximum absolute atomic E-state index is 14.0. The van der Waals surface area contributed by atoms with Crippen LogP contribution in [0.3, 0.4) is 0 Å². The van der Waals surface area contributed by atoms with Crippen molar-refractivity contribution < 1.29 is 18.7 Å². The summed E-state index contributed by atoms with van der Waals surface area (Å²) in [6, 6.07) is 1.34. The molecule has 1 saturated carbocycles. The summed E-state index contributed by atoms with van der Waals surface area (Å²) in [6.07, 6.45) is 1.41. The highest BCUT2D eigenvalue weighted by molar-refractivity contribution is 5.98. The molecule has 1 aromatic carbocycles. The predicted octanol–water partition coefficient (Wildman–Crippen LogP) is 1.90. The molecule has 0 unspecified atom stereocenters. The number of carbonyl (C=O) groups is 1. The molecule has 0 bridgehead atoms. The van der Waals surface area contributed by atoms with Crippen molar-refractivity contribution in [3.05, 3.63) is 39.6 Å². The minimum absolute atomic E-state index is 0.138. The van der Waals surface area contributed by atoms with E-state index in [2.05, 4.69) is 0 Å². The predicted molar refractivity (Wildman–Crippen MR) is 67.8 cm³/mol. The normalized spacial score (nSPS) is 14.7. The second-order valence-corrected chi connectivity index (χ2v) is 4.78. The Hall–Kier alpha value is -2.44. The molecule has 1 aromatic heterocycles. The number of carboxylic acids is 1. The fourth-order valence-electron chi connectivity index (χ4n) is 2.39. The van der Waals surface area contributed by atoms with Gasteiger partial charge in [0.15, 0.2) is 5.82 Å². The fraction of sp³-hybridized carbons (Fsp3) is 0.231. The number of rotatable bonds is 2. The molecule has 3 N–H and O–H groups in total. The maximum atomic E-state index is 14.0. The molecule has 0 radical (unpaired) electrons. The van der Waals surface area contributed by atoms with E-state index in [-0.39, 0.29) is 22.8 Å². The van der Waals surface area contributed by atoms with Crippen LogP contribution in [0.4, 0.5) is 14.6 Å². The Morgan fingerprint density at radius 2 is 2.00 bits per heavy atom. The molecule has 0 aliphatic heterocycles. The number of nitrogens with zero attached hydrogens (tertiary/aromatic N) is 1. The number of nitrogen functional groups attached to an aromatic ring is 1. The van der Waals surface area contributed by atoms with Gasteiger partial charge < -0.3 is 15.4 Å². The van der Waals surface area contributed by atoms with Crippen molar-refractivity contribution in [2.45, 2.75) is 18.9 Å². The van der Waals surface area contributed by atoms with E-state index >= 15 is 0 Å². The minimum Gasteiger partial charge on any atom is -0.477 e. The first-order valence-corrected chi connectivity index (χ1v) is 5.98. The Labute approximate surface area is 111 Å². The summed E-state index contributed by atoms with van der Waals surface area (Å²) in [7, 11) is 0. The van der Waals surface area contributed by atoms with Gasteiger partial charge in [-0.25, -0.2) is 13.6 Å². The zero-order valence-corrected chi connectivity index (χ0v) is 10.2. The smallest absolute Gasteiger partial charge is 0.343 e. The van der Waals surface area contributed by atoms with Gasteiger partial charge in [-0.3, -0.25) is 4.79 Å². The molecule has 104 valence electrons. The Kier molecular flexibility index (Phi) is 2.53. The van der Waals surface area contributed by atoms with E-state index in [0.29, 0.717) is 18.9 Å². The minimum atomic E-state index is -1.51. The highest BCUT2D eigenvalue weighted by atomic mass is 19.1. The lowest BCUT2D eigenvalue weighted by Crippen LogP contribution is -2.24. The second-order valence-electron chi connectivity index (χ2n) is 4.78. The first-order valence-electron chi connectivity index (χ1n) is 5.98. The maximum Gasteiger partial charge on any atom is 0.343 e. The van der Waals surface area contributed by atoms with Crippen molar-refractivity contribution in [2.75, 3.05) is 5.73 Å². The Balaban J connectivity index is 2.57. The van der Waals surface area contributed by atoms with Crippen LogP contribution in [0.15, 0.2) is 16.9 Å². The summed E-state index contributed by atoms with van der Waals surface area (Å²) in [5.74, 6) is -3.65. The van der Waals surface area contributed by atoms with Crippen molar-refractivity contribution in [3.63, 3.8) is 0 Å². The Morgan fingerprint density at radius 1 is 1.35 bits per heavy atom. The van der Waals surface area contributed by atoms with E-state index in [0.717, 1.165) is 6.07 Å². The van der Waals surface area contributed by atoms with E-state index < -0.39 is 28.6 Å². The lowest BCUT2D eigenvalue weighted by molar-refractivity contribution is 0.0696. The van der Waals surface area contributed by atoms with Crippen LogP contribution in [0.5, 0.6) is 0 Å². The van der Waals surface area contributed by atoms with Crippen molar-refractivity contribution in [1.82, 2.24) is 4.57 Å². The van der Waals surface area contributed by atoms with Gasteiger partial charge in [0.25, 0.3) is 0 Å². The summed E-state index contributed by atoms with van der Waals surface area (Å²) in [5, 5.41) is 8.79. The third-order valence-electron chi connectivity index (χ3n) is 3.38. The van der Waals surface area contributed by atoms with Gasteiger partial charge in [-0.2, -0.15) is 0 Å². The summed E-state index contributed by atoms with van der Waals surface area (Å²) in [4.78, 5) is 23.3. The number of benzene rings is 1. The van der Waals surface area contributed by atoms with Gasteiger partial charge in [0, 0.05) is 12.1 Å². The number of pyridine rings is 1. The molecule has 0 amide bonds. The molecule has 1 heterocycles. The van der Waals surface area contributed by atoms with Crippen LogP contribution in [-0.4, -0.2) is 15.6 Å². The van der Waals surface area contributed by atoms with Gasteiger partial charge in [0.1, 0.15) is 17.2 Å². The molecule has 20 heavy (non-hydrogen) atoms. The molecule has 2 aromatic rings. The van der Waals surface area contributed by atoms with Crippen LogP contribution in [-0.2, 0) is 0 Å². The van der Waals surface area contributed by atoms with Crippen LogP contribution in [0.25, 0.3) is 10.9 Å². The number of hydrogen-bond acceptors (Lipinski definition) is 3. The highest BCUT2D eigenvalue weighted by Crippen LogP contribution is 2.40. The quantitative estimate of drug-likeness (QED) is 0.879. The van der Waals surface area contributed by atoms with Crippen LogP contribution in [0.1, 0.15) is 29.2 Å². The molecule has 1 fully saturated rings.